The van der Waals surface area contributed by atoms with Crippen molar-refractivity contribution >= 4 is 21.7 Å². The van der Waals surface area contributed by atoms with Gasteiger partial charge in [-0.3, -0.25) is 9.59 Å². The van der Waals surface area contributed by atoms with Crippen molar-refractivity contribution in [2.24, 2.45) is 11.5 Å². The Kier molecular flexibility index (Phi) is 5.60. The Balaban J connectivity index is 2.14. The molecule has 2 rings (SSSR count). The zero-order chi connectivity index (χ0) is 18.4. The van der Waals surface area contributed by atoms with E-state index in [0.29, 0.717) is 11.5 Å². The number of hydrogen-bond donors (Lipinski definition) is 2. The summed E-state index contributed by atoms with van der Waals surface area (Å²) in [6, 6.07) is 11.2. The maximum absolute atomic E-state index is 12.6. The molecule has 0 radical (unpaired) electrons. The molecule has 0 aromatic heterocycles. The Bertz CT molecular complexity index is 793. The summed E-state index contributed by atoms with van der Waals surface area (Å²) in [5, 5.41) is 0. The number of primary amides is 2. The Morgan fingerprint density at radius 3 is 1.32 bits per heavy atom. The zero-order valence-electron chi connectivity index (χ0n) is 13.0. The van der Waals surface area contributed by atoms with Gasteiger partial charge in [0, 0.05) is 0 Å². The molecule has 0 atom stereocenters. The van der Waals surface area contributed by atoms with Crippen LogP contribution in [-0.2, 0) is 19.4 Å². The predicted molar refractivity (Wildman–Crippen MR) is 87.7 cm³/mol. The van der Waals surface area contributed by atoms with Crippen molar-refractivity contribution in [1.29, 1.82) is 0 Å². The van der Waals surface area contributed by atoms with E-state index in [1.54, 1.807) is 0 Å². The van der Waals surface area contributed by atoms with Gasteiger partial charge in [-0.15, -0.1) is 0 Å². The number of nitrogens with two attached hydrogens (primary N) is 2. The normalized spacial score (nSPS) is 10.9. The quantitative estimate of drug-likeness (QED) is 0.688. The van der Waals surface area contributed by atoms with Gasteiger partial charge in [0.05, 0.1) is 9.79 Å². The molecule has 2 aromatic carbocycles. The number of sulfone groups is 1. The second kappa shape index (κ2) is 7.67. The van der Waals surface area contributed by atoms with Crippen LogP contribution in [0.4, 0.5) is 0 Å². The highest BCUT2D eigenvalue weighted by molar-refractivity contribution is 7.91. The molecule has 2 aromatic rings. The summed E-state index contributed by atoms with van der Waals surface area (Å²) in [5.74, 6) is -0.605. The minimum absolute atomic E-state index is 0.0599. The summed E-state index contributed by atoms with van der Waals surface area (Å²) in [6.45, 7) is -0.586. The highest BCUT2D eigenvalue weighted by Crippen LogP contribution is 2.24. The SMILES string of the molecule is NC(=O)COc1ccc(S(=O)(=O)c2ccc(OCC(N)=O)cc2)cc1. The van der Waals surface area contributed by atoms with E-state index in [2.05, 4.69) is 0 Å². The van der Waals surface area contributed by atoms with E-state index in [0.717, 1.165) is 0 Å². The largest absolute Gasteiger partial charge is 0.484 e. The highest BCUT2D eigenvalue weighted by Gasteiger charge is 2.17. The maximum atomic E-state index is 12.6. The van der Waals surface area contributed by atoms with Crippen molar-refractivity contribution in [2.45, 2.75) is 9.79 Å². The number of carbonyl (C=O) groups excluding carboxylic acids is 2. The summed E-state index contributed by atoms with van der Waals surface area (Å²) in [5.41, 5.74) is 9.94. The summed E-state index contributed by atoms with van der Waals surface area (Å²) < 4.78 is 35.3. The lowest BCUT2D eigenvalue weighted by molar-refractivity contribution is -0.120. The van der Waals surface area contributed by atoms with Gasteiger partial charge in [-0.1, -0.05) is 0 Å². The van der Waals surface area contributed by atoms with Crippen LogP contribution in [0.25, 0.3) is 0 Å². The Morgan fingerprint density at radius 2 is 1.04 bits per heavy atom. The first kappa shape index (κ1) is 18.3. The Hall–Kier alpha value is -3.07. The monoisotopic (exact) mass is 364 g/mol. The highest BCUT2D eigenvalue weighted by atomic mass is 32.2. The third-order valence-corrected chi connectivity index (χ3v) is 4.82. The van der Waals surface area contributed by atoms with Crippen LogP contribution in [0.2, 0.25) is 0 Å². The van der Waals surface area contributed by atoms with Crippen LogP contribution in [-0.4, -0.2) is 33.4 Å². The first-order valence-corrected chi connectivity index (χ1v) is 8.55. The molecule has 2 amide bonds. The van der Waals surface area contributed by atoms with Crippen molar-refractivity contribution in [3.05, 3.63) is 48.5 Å². The van der Waals surface area contributed by atoms with Crippen LogP contribution in [0.3, 0.4) is 0 Å². The van der Waals surface area contributed by atoms with E-state index < -0.39 is 21.7 Å². The van der Waals surface area contributed by atoms with Crippen molar-refractivity contribution in [2.75, 3.05) is 13.2 Å². The zero-order valence-corrected chi connectivity index (χ0v) is 13.9. The topological polar surface area (TPSA) is 139 Å². The molecule has 0 aliphatic heterocycles. The smallest absolute Gasteiger partial charge is 0.255 e. The first-order chi connectivity index (χ1) is 11.8. The summed E-state index contributed by atoms with van der Waals surface area (Å²) >= 11 is 0. The van der Waals surface area contributed by atoms with Gasteiger partial charge in [-0.05, 0) is 48.5 Å². The number of carbonyl (C=O) groups is 2. The van der Waals surface area contributed by atoms with Crippen molar-refractivity contribution in [3.8, 4) is 11.5 Å². The molecule has 4 N–H and O–H groups in total. The van der Waals surface area contributed by atoms with E-state index in [1.165, 1.54) is 48.5 Å². The molecule has 0 aliphatic carbocycles. The van der Waals surface area contributed by atoms with Crippen molar-refractivity contribution in [1.82, 2.24) is 0 Å². The average molecular weight is 364 g/mol. The second-order valence-corrected chi connectivity index (χ2v) is 6.91. The average Bonchev–Trinajstić information content (AvgIpc) is 2.59. The van der Waals surface area contributed by atoms with Gasteiger partial charge in [0.15, 0.2) is 13.2 Å². The Morgan fingerprint density at radius 1 is 0.720 bits per heavy atom. The van der Waals surface area contributed by atoms with Gasteiger partial charge in [0.25, 0.3) is 11.8 Å². The predicted octanol–water partition coefficient (Wildman–Crippen LogP) is 0.248. The number of rotatable bonds is 8. The third-order valence-electron chi connectivity index (χ3n) is 3.03. The fraction of sp³-hybridized carbons (Fsp3) is 0.125. The molecule has 0 aliphatic rings. The second-order valence-electron chi connectivity index (χ2n) is 4.96. The molecular weight excluding hydrogens is 348 g/mol. The van der Waals surface area contributed by atoms with Gasteiger partial charge in [-0.2, -0.15) is 0 Å². The van der Waals surface area contributed by atoms with E-state index in [4.69, 9.17) is 20.9 Å². The Labute approximate surface area is 144 Å². The molecule has 0 spiro atoms. The first-order valence-electron chi connectivity index (χ1n) is 7.06. The lowest BCUT2D eigenvalue weighted by Crippen LogP contribution is -2.20. The molecule has 0 fully saturated rings. The van der Waals surface area contributed by atoms with Crippen molar-refractivity contribution < 1.29 is 27.5 Å². The van der Waals surface area contributed by atoms with E-state index in [1.807, 2.05) is 0 Å². The molecule has 0 heterocycles. The number of benzene rings is 2. The van der Waals surface area contributed by atoms with E-state index in [9.17, 15) is 18.0 Å². The molecule has 0 unspecified atom stereocenters. The van der Waals surface area contributed by atoms with Crippen molar-refractivity contribution in [3.63, 3.8) is 0 Å². The molecule has 0 bridgehead atoms. The van der Waals surface area contributed by atoms with Crippen LogP contribution in [0.15, 0.2) is 58.3 Å². The number of amides is 2. The number of ether oxygens (including phenoxy) is 2. The standard InChI is InChI=1S/C16H16N2O6S/c17-15(19)9-23-11-1-5-13(6-2-11)25(21,22)14-7-3-12(4-8-14)24-10-16(18)20/h1-8H,9-10H2,(H2,17,19)(H2,18,20). The summed E-state index contributed by atoms with van der Waals surface area (Å²) in [4.78, 5) is 21.4. The van der Waals surface area contributed by atoms with Crippen LogP contribution < -0.4 is 20.9 Å². The lowest BCUT2D eigenvalue weighted by atomic mass is 10.3. The van der Waals surface area contributed by atoms with E-state index in [-0.39, 0.29) is 23.0 Å². The fourth-order valence-electron chi connectivity index (χ4n) is 1.88. The lowest BCUT2D eigenvalue weighted by Gasteiger charge is -2.08. The van der Waals surface area contributed by atoms with Gasteiger partial charge in [0.1, 0.15) is 11.5 Å². The molecule has 0 saturated carbocycles. The fourth-order valence-corrected chi connectivity index (χ4v) is 3.14. The van der Waals surface area contributed by atoms with Crippen LogP contribution in [0.5, 0.6) is 11.5 Å². The summed E-state index contributed by atoms with van der Waals surface area (Å²) in [6.07, 6.45) is 0. The maximum Gasteiger partial charge on any atom is 0.255 e. The van der Waals surface area contributed by atoms with Gasteiger partial charge < -0.3 is 20.9 Å². The molecule has 0 saturated heterocycles. The van der Waals surface area contributed by atoms with Crippen LogP contribution >= 0.6 is 0 Å². The summed E-state index contributed by atoms with van der Waals surface area (Å²) in [7, 11) is -3.73. The van der Waals surface area contributed by atoms with Gasteiger partial charge in [-0.25, -0.2) is 8.42 Å². The molecule has 132 valence electrons. The molecule has 8 nitrogen and oxygen atoms in total. The van der Waals surface area contributed by atoms with Gasteiger partial charge in [0.2, 0.25) is 9.84 Å². The molecular formula is C16H16N2O6S. The van der Waals surface area contributed by atoms with Crippen LogP contribution in [0, 0.1) is 0 Å². The third kappa shape index (κ3) is 4.95. The van der Waals surface area contributed by atoms with Crippen LogP contribution in [0.1, 0.15) is 0 Å². The van der Waals surface area contributed by atoms with E-state index >= 15 is 0 Å². The minimum Gasteiger partial charge on any atom is -0.484 e. The minimum atomic E-state index is -3.73. The molecule has 9 heteroatoms. The van der Waals surface area contributed by atoms with Gasteiger partial charge >= 0.3 is 0 Å². The molecule has 25 heavy (non-hydrogen) atoms. The number of hydrogen-bond acceptors (Lipinski definition) is 6.